The summed E-state index contributed by atoms with van der Waals surface area (Å²) in [6.07, 6.45) is 2.68. The van der Waals surface area contributed by atoms with Crippen LogP contribution in [0.2, 0.25) is 0 Å². The van der Waals surface area contributed by atoms with E-state index in [4.69, 9.17) is 4.99 Å². The zero-order chi connectivity index (χ0) is 16.5. The van der Waals surface area contributed by atoms with Crippen LogP contribution in [-0.2, 0) is 6.54 Å². The van der Waals surface area contributed by atoms with Crippen molar-refractivity contribution >= 4 is 29.9 Å². The fraction of sp³-hybridized carbons (Fsp3) is 0.632. The van der Waals surface area contributed by atoms with E-state index < -0.39 is 0 Å². The minimum atomic E-state index is 0. The Morgan fingerprint density at radius 1 is 1.12 bits per heavy atom. The molecule has 5 heteroatoms. The SMILES string of the molecule is CCNC(=NCc1ccccc1)NCC(C(C)C)N1CCCC1.I. The van der Waals surface area contributed by atoms with E-state index in [1.165, 1.54) is 31.5 Å². The van der Waals surface area contributed by atoms with Crippen molar-refractivity contribution in [3.8, 4) is 0 Å². The number of benzene rings is 1. The van der Waals surface area contributed by atoms with Crippen LogP contribution in [0.1, 0.15) is 39.2 Å². The zero-order valence-corrected chi connectivity index (χ0v) is 17.6. The van der Waals surface area contributed by atoms with Gasteiger partial charge in [-0.15, -0.1) is 24.0 Å². The topological polar surface area (TPSA) is 39.7 Å². The van der Waals surface area contributed by atoms with Gasteiger partial charge in [0.1, 0.15) is 0 Å². The first kappa shape index (κ1) is 21.2. The first-order valence-electron chi connectivity index (χ1n) is 9.01. The van der Waals surface area contributed by atoms with Gasteiger partial charge in [-0.3, -0.25) is 4.90 Å². The van der Waals surface area contributed by atoms with E-state index in [1.807, 2.05) is 6.07 Å². The third kappa shape index (κ3) is 6.97. The highest BCUT2D eigenvalue weighted by Gasteiger charge is 2.24. The Balaban J connectivity index is 0.00000288. The maximum absolute atomic E-state index is 4.72. The van der Waals surface area contributed by atoms with Crippen LogP contribution in [0.5, 0.6) is 0 Å². The summed E-state index contributed by atoms with van der Waals surface area (Å²) in [6.45, 7) is 11.8. The van der Waals surface area contributed by atoms with E-state index >= 15 is 0 Å². The van der Waals surface area contributed by atoms with E-state index in [0.717, 1.165) is 19.0 Å². The maximum atomic E-state index is 4.72. The van der Waals surface area contributed by atoms with Crippen molar-refractivity contribution in [3.63, 3.8) is 0 Å². The molecular formula is C19H33IN4. The van der Waals surface area contributed by atoms with Gasteiger partial charge in [-0.1, -0.05) is 44.2 Å². The number of aliphatic imine (C=N–C) groups is 1. The minimum absolute atomic E-state index is 0. The summed E-state index contributed by atoms with van der Waals surface area (Å²) in [5, 5.41) is 6.90. The normalized spacial score (nSPS) is 16.8. The Hall–Kier alpha value is -0.820. The molecule has 1 aliphatic rings. The molecule has 0 aromatic heterocycles. The lowest BCUT2D eigenvalue weighted by atomic mass is 10.0. The molecule has 1 aliphatic heterocycles. The lowest BCUT2D eigenvalue weighted by molar-refractivity contribution is 0.192. The Morgan fingerprint density at radius 3 is 2.38 bits per heavy atom. The van der Waals surface area contributed by atoms with Crippen LogP contribution in [0, 0.1) is 5.92 Å². The van der Waals surface area contributed by atoms with Gasteiger partial charge in [-0.25, -0.2) is 4.99 Å². The first-order valence-corrected chi connectivity index (χ1v) is 9.01. The molecule has 1 unspecified atom stereocenters. The summed E-state index contributed by atoms with van der Waals surface area (Å²) in [5.41, 5.74) is 1.24. The molecule has 136 valence electrons. The predicted molar refractivity (Wildman–Crippen MR) is 114 cm³/mol. The van der Waals surface area contributed by atoms with Crippen molar-refractivity contribution in [2.45, 2.75) is 46.2 Å². The average Bonchev–Trinajstić information content (AvgIpc) is 3.07. The van der Waals surface area contributed by atoms with E-state index in [9.17, 15) is 0 Å². The number of nitrogens with one attached hydrogen (secondary N) is 2. The van der Waals surface area contributed by atoms with Crippen LogP contribution >= 0.6 is 24.0 Å². The monoisotopic (exact) mass is 444 g/mol. The van der Waals surface area contributed by atoms with Crippen LogP contribution in [0.3, 0.4) is 0 Å². The zero-order valence-electron chi connectivity index (χ0n) is 15.3. The van der Waals surface area contributed by atoms with Crippen molar-refractivity contribution in [1.29, 1.82) is 0 Å². The van der Waals surface area contributed by atoms with Gasteiger partial charge in [0, 0.05) is 19.1 Å². The average molecular weight is 444 g/mol. The Bertz CT molecular complexity index is 470. The molecule has 2 N–H and O–H groups in total. The lowest BCUT2D eigenvalue weighted by Crippen LogP contribution is -2.48. The van der Waals surface area contributed by atoms with Gasteiger partial charge in [-0.2, -0.15) is 0 Å². The highest BCUT2D eigenvalue weighted by molar-refractivity contribution is 14.0. The summed E-state index contributed by atoms with van der Waals surface area (Å²) in [5.74, 6) is 1.57. The molecule has 1 aromatic carbocycles. The summed E-state index contributed by atoms with van der Waals surface area (Å²) >= 11 is 0. The third-order valence-electron chi connectivity index (χ3n) is 4.46. The van der Waals surface area contributed by atoms with Gasteiger partial charge in [0.15, 0.2) is 5.96 Å². The molecule has 1 saturated heterocycles. The van der Waals surface area contributed by atoms with E-state index in [2.05, 4.69) is 60.6 Å². The second-order valence-corrected chi connectivity index (χ2v) is 6.62. The molecule has 1 heterocycles. The molecule has 4 nitrogen and oxygen atoms in total. The van der Waals surface area contributed by atoms with Gasteiger partial charge in [0.05, 0.1) is 6.54 Å². The fourth-order valence-electron chi connectivity index (χ4n) is 3.16. The van der Waals surface area contributed by atoms with Crippen LogP contribution in [0.4, 0.5) is 0 Å². The quantitative estimate of drug-likeness (QED) is 0.384. The van der Waals surface area contributed by atoms with Crippen molar-refractivity contribution in [3.05, 3.63) is 35.9 Å². The maximum Gasteiger partial charge on any atom is 0.191 e. The molecule has 0 bridgehead atoms. The third-order valence-corrected chi connectivity index (χ3v) is 4.46. The standard InChI is InChI=1S/C19H32N4.HI/c1-4-20-19(21-14-17-10-6-5-7-11-17)22-15-18(16(2)3)23-12-8-9-13-23;/h5-7,10-11,16,18H,4,8-9,12-15H2,1-3H3,(H2,20,21,22);1H. The molecule has 2 rings (SSSR count). The molecule has 0 amide bonds. The van der Waals surface area contributed by atoms with Gasteiger partial charge in [0.2, 0.25) is 0 Å². The van der Waals surface area contributed by atoms with Gasteiger partial charge in [-0.05, 0) is 44.3 Å². The van der Waals surface area contributed by atoms with Crippen molar-refractivity contribution < 1.29 is 0 Å². The van der Waals surface area contributed by atoms with E-state index in [0.29, 0.717) is 18.5 Å². The number of rotatable bonds is 7. The lowest BCUT2D eigenvalue weighted by Gasteiger charge is -2.31. The predicted octanol–water partition coefficient (Wildman–Crippen LogP) is 3.48. The number of guanidine groups is 1. The summed E-state index contributed by atoms with van der Waals surface area (Å²) < 4.78 is 0. The highest BCUT2D eigenvalue weighted by Crippen LogP contribution is 2.17. The number of hydrogen-bond donors (Lipinski definition) is 2. The minimum Gasteiger partial charge on any atom is -0.357 e. The molecule has 1 aromatic rings. The first-order chi connectivity index (χ1) is 11.2. The second-order valence-electron chi connectivity index (χ2n) is 6.62. The number of nitrogens with zero attached hydrogens (tertiary/aromatic N) is 2. The fourth-order valence-corrected chi connectivity index (χ4v) is 3.16. The number of halogens is 1. The molecular weight excluding hydrogens is 411 g/mol. The van der Waals surface area contributed by atoms with Crippen LogP contribution < -0.4 is 10.6 Å². The molecule has 0 radical (unpaired) electrons. The van der Waals surface area contributed by atoms with Crippen LogP contribution in [-0.4, -0.2) is 43.1 Å². The Labute approximate surface area is 164 Å². The van der Waals surface area contributed by atoms with Gasteiger partial charge >= 0.3 is 0 Å². The number of likely N-dealkylation sites (tertiary alicyclic amines) is 1. The Kier molecular flexibility index (Phi) is 10.3. The molecule has 1 atom stereocenters. The molecule has 1 fully saturated rings. The molecule has 0 saturated carbocycles. The molecule has 24 heavy (non-hydrogen) atoms. The van der Waals surface area contributed by atoms with Gasteiger partial charge in [0.25, 0.3) is 0 Å². The van der Waals surface area contributed by atoms with Crippen LogP contribution in [0.25, 0.3) is 0 Å². The largest absolute Gasteiger partial charge is 0.357 e. The molecule has 0 spiro atoms. The van der Waals surface area contributed by atoms with Crippen LogP contribution in [0.15, 0.2) is 35.3 Å². The second kappa shape index (κ2) is 11.7. The van der Waals surface area contributed by atoms with E-state index in [-0.39, 0.29) is 24.0 Å². The smallest absolute Gasteiger partial charge is 0.191 e. The van der Waals surface area contributed by atoms with Crippen molar-refractivity contribution in [2.75, 3.05) is 26.2 Å². The Morgan fingerprint density at radius 2 is 1.79 bits per heavy atom. The van der Waals surface area contributed by atoms with Crippen molar-refractivity contribution in [1.82, 2.24) is 15.5 Å². The summed E-state index contributed by atoms with van der Waals surface area (Å²) in [7, 11) is 0. The van der Waals surface area contributed by atoms with Crippen molar-refractivity contribution in [2.24, 2.45) is 10.9 Å². The summed E-state index contributed by atoms with van der Waals surface area (Å²) in [4.78, 5) is 7.34. The van der Waals surface area contributed by atoms with Gasteiger partial charge < -0.3 is 10.6 Å². The number of hydrogen-bond acceptors (Lipinski definition) is 2. The summed E-state index contributed by atoms with van der Waals surface area (Å²) in [6, 6.07) is 11.0. The highest BCUT2D eigenvalue weighted by atomic mass is 127. The molecule has 0 aliphatic carbocycles. The van der Waals surface area contributed by atoms with E-state index in [1.54, 1.807) is 0 Å².